The van der Waals surface area contributed by atoms with Gasteiger partial charge in [0.1, 0.15) is 0 Å². The zero-order valence-electron chi connectivity index (χ0n) is 15.1. The minimum absolute atomic E-state index is 0.101. The molecule has 1 atom stereocenters. The third-order valence-corrected chi connectivity index (χ3v) is 4.80. The Hall–Kier alpha value is -1.89. The Morgan fingerprint density at radius 1 is 1.12 bits per heavy atom. The van der Waals surface area contributed by atoms with Crippen LogP contribution in [0.15, 0.2) is 29.4 Å². The molecule has 0 N–H and O–H groups in total. The van der Waals surface area contributed by atoms with Crippen LogP contribution in [-0.4, -0.2) is 48.3 Å². The van der Waals surface area contributed by atoms with Crippen LogP contribution in [0.3, 0.4) is 0 Å². The van der Waals surface area contributed by atoms with E-state index in [-0.39, 0.29) is 23.2 Å². The molecular formula is C17H25N5OS. The molecule has 0 saturated heterocycles. The van der Waals surface area contributed by atoms with Gasteiger partial charge in [-0.3, -0.25) is 4.79 Å². The summed E-state index contributed by atoms with van der Waals surface area (Å²) in [5, 5.41) is 12.3. The van der Waals surface area contributed by atoms with Crippen molar-refractivity contribution in [3.63, 3.8) is 0 Å². The van der Waals surface area contributed by atoms with Gasteiger partial charge in [0.15, 0.2) is 0 Å². The van der Waals surface area contributed by atoms with Crippen LogP contribution in [0.5, 0.6) is 0 Å². The first-order chi connectivity index (χ1) is 11.3. The number of nitrogens with zero attached hydrogens (tertiary/aromatic N) is 5. The van der Waals surface area contributed by atoms with Crippen molar-refractivity contribution in [1.29, 1.82) is 0 Å². The van der Waals surface area contributed by atoms with Crippen molar-refractivity contribution in [3.05, 3.63) is 29.8 Å². The molecule has 0 bridgehead atoms. The normalized spacial score (nSPS) is 12.7. The molecule has 2 rings (SSSR count). The second-order valence-electron chi connectivity index (χ2n) is 6.35. The van der Waals surface area contributed by atoms with Gasteiger partial charge < -0.3 is 4.90 Å². The molecule has 0 spiro atoms. The third-order valence-electron chi connectivity index (χ3n) is 3.78. The van der Waals surface area contributed by atoms with E-state index in [1.807, 2.05) is 70.7 Å². The summed E-state index contributed by atoms with van der Waals surface area (Å²) in [6.45, 7) is 12.1. The first-order valence-electron chi connectivity index (χ1n) is 8.16. The lowest BCUT2D eigenvalue weighted by Crippen LogP contribution is -2.45. The minimum atomic E-state index is -0.261. The fourth-order valence-electron chi connectivity index (χ4n) is 2.73. The summed E-state index contributed by atoms with van der Waals surface area (Å²) >= 11 is 1.39. The average Bonchev–Trinajstić information content (AvgIpc) is 2.94. The van der Waals surface area contributed by atoms with Crippen LogP contribution in [0, 0.1) is 6.92 Å². The molecule has 6 nitrogen and oxygen atoms in total. The Balaban J connectivity index is 2.22. The second kappa shape index (κ2) is 7.79. The standard InChI is InChI=1S/C17H25N5OS/c1-11(2)21(12(3)4)16(23)14(6)24-17-18-19-20-22(17)15-10-8-7-9-13(15)5/h7-12,14H,1-6H3/t14-/m1/s1. The molecule has 1 aromatic heterocycles. The number of hydrogen-bond acceptors (Lipinski definition) is 5. The van der Waals surface area contributed by atoms with Crippen molar-refractivity contribution in [2.24, 2.45) is 0 Å². The van der Waals surface area contributed by atoms with Crippen molar-refractivity contribution >= 4 is 17.7 Å². The second-order valence-corrected chi connectivity index (χ2v) is 7.66. The van der Waals surface area contributed by atoms with Gasteiger partial charge in [0.25, 0.3) is 0 Å². The van der Waals surface area contributed by atoms with E-state index in [0.29, 0.717) is 5.16 Å². The molecule has 0 unspecified atom stereocenters. The van der Waals surface area contributed by atoms with Crippen LogP contribution < -0.4 is 0 Å². The first kappa shape index (κ1) is 18.4. The van der Waals surface area contributed by atoms with E-state index in [4.69, 9.17) is 0 Å². The molecule has 0 saturated carbocycles. The molecular weight excluding hydrogens is 322 g/mol. The quantitative estimate of drug-likeness (QED) is 0.751. The Bertz CT molecular complexity index is 690. The summed E-state index contributed by atoms with van der Waals surface area (Å²) < 4.78 is 1.69. The van der Waals surface area contributed by atoms with Crippen molar-refractivity contribution in [1.82, 2.24) is 25.1 Å². The van der Waals surface area contributed by atoms with Crippen LogP contribution >= 0.6 is 11.8 Å². The smallest absolute Gasteiger partial charge is 0.236 e. The molecule has 2 aromatic rings. The SMILES string of the molecule is Cc1ccccc1-n1nnnc1S[C@H](C)C(=O)N(C(C)C)C(C)C. The Labute approximate surface area is 147 Å². The number of amides is 1. The van der Waals surface area contributed by atoms with Gasteiger partial charge in [0.2, 0.25) is 11.1 Å². The topological polar surface area (TPSA) is 63.9 Å². The highest BCUT2D eigenvalue weighted by molar-refractivity contribution is 8.00. The van der Waals surface area contributed by atoms with E-state index in [9.17, 15) is 4.79 Å². The van der Waals surface area contributed by atoms with Crippen LogP contribution in [0.4, 0.5) is 0 Å². The Morgan fingerprint density at radius 2 is 1.75 bits per heavy atom. The summed E-state index contributed by atoms with van der Waals surface area (Å²) in [6, 6.07) is 8.23. The molecule has 7 heteroatoms. The van der Waals surface area contributed by atoms with E-state index < -0.39 is 0 Å². The molecule has 0 aliphatic heterocycles. The predicted octanol–water partition coefficient (Wildman–Crippen LogP) is 3.10. The maximum absolute atomic E-state index is 12.8. The van der Waals surface area contributed by atoms with E-state index in [1.54, 1.807) is 4.68 Å². The first-order valence-corrected chi connectivity index (χ1v) is 9.04. The molecule has 130 valence electrons. The van der Waals surface area contributed by atoms with E-state index in [1.165, 1.54) is 11.8 Å². The number of tetrazole rings is 1. The summed E-state index contributed by atoms with van der Waals surface area (Å²) in [6.07, 6.45) is 0. The van der Waals surface area contributed by atoms with Gasteiger partial charge in [0.05, 0.1) is 10.9 Å². The van der Waals surface area contributed by atoms with E-state index in [2.05, 4.69) is 15.5 Å². The number of aryl methyl sites for hydroxylation is 1. The number of carbonyl (C=O) groups is 1. The van der Waals surface area contributed by atoms with Gasteiger partial charge in [-0.15, -0.1) is 5.10 Å². The highest BCUT2D eigenvalue weighted by Crippen LogP contribution is 2.26. The summed E-state index contributed by atoms with van der Waals surface area (Å²) in [4.78, 5) is 14.7. The van der Waals surface area contributed by atoms with Gasteiger partial charge in [0, 0.05) is 12.1 Å². The summed E-state index contributed by atoms with van der Waals surface area (Å²) in [7, 11) is 0. The lowest BCUT2D eigenvalue weighted by atomic mass is 10.2. The maximum atomic E-state index is 12.8. The summed E-state index contributed by atoms with van der Waals surface area (Å²) in [5.41, 5.74) is 2.01. The van der Waals surface area contributed by atoms with Crippen LogP contribution in [-0.2, 0) is 4.79 Å². The predicted molar refractivity (Wildman–Crippen MR) is 96.3 cm³/mol. The number of hydrogen-bond donors (Lipinski definition) is 0. The highest BCUT2D eigenvalue weighted by atomic mass is 32.2. The molecule has 0 aliphatic carbocycles. The van der Waals surface area contributed by atoms with Gasteiger partial charge >= 0.3 is 0 Å². The lowest BCUT2D eigenvalue weighted by molar-refractivity contribution is -0.133. The average molecular weight is 347 g/mol. The van der Waals surface area contributed by atoms with E-state index >= 15 is 0 Å². The largest absolute Gasteiger partial charge is 0.337 e. The monoisotopic (exact) mass is 347 g/mol. The van der Waals surface area contributed by atoms with Crippen molar-refractivity contribution in [2.75, 3.05) is 0 Å². The molecule has 0 aliphatic rings. The summed E-state index contributed by atoms with van der Waals surface area (Å²) in [5.74, 6) is 0.101. The Morgan fingerprint density at radius 3 is 2.33 bits per heavy atom. The van der Waals surface area contributed by atoms with Gasteiger partial charge in [-0.05, 0) is 63.6 Å². The Kier molecular flexibility index (Phi) is 5.99. The lowest BCUT2D eigenvalue weighted by Gasteiger charge is -2.32. The minimum Gasteiger partial charge on any atom is -0.337 e. The van der Waals surface area contributed by atoms with Gasteiger partial charge in [-0.1, -0.05) is 30.0 Å². The zero-order valence-corrected chi connectivity index (χ0v) is 15.9. The van der Waals surface area contributed by atoms with Gasteiger partial charge in [-0.2, -0.15) is 4.68 Å². The molecule has 1 heterocycles. The fraction of sp³-hybridized carbons (Fsp3) is 0.529. The van der Waals surface area contributed by atoms with Crippen molar-refractivity contribution in [3.8, 4) is 5.69 Å². The number of para-hydroxylation sites is 1. The number of thioether (sulfide) groups is 1. The van der Waals surface area contributed by atoms with Crippen molar-refractivity contribution in [2.45, 2.75) is 64.0 Å². The van der Waals surface area contributed by atoms with Crippen molar-refractivity contribution < 1.29 is 4.79 Å². The molecule has 24 heavy (non-hydrogen) atoms. The zero-order chi connectivity index (χ0) is 17.9. The number of rotatable bonds is 6. The number of carbonyl (C=O) groups excluding carboxylic acids is 1. The maximum Gasteiger partial charge on any atom is 0.236 e. The highest BCUT2D eigenvalue weighted by Gasteiger charge is 2.27. The number of benzene rings is 1. The number of aromatic nitrogens is 4. The molecule has 1 amide bonds. The van der Waals surface area contributed by atoms with Crippen LogP contribution in [0.1, 0.15) is 40.2 Å². The fourth-order valence-corrected chi connectivity index (χ4v) is 3.59. The molecule has 0 radical (unpaired) electrons. The molecule has 1 aromatic carbocycles. The van der Waals surface area contributed by atoms with E-state index in [0.717, 1.165) is 11.3 Å². The third kappa shape index (κ3) is 3.95. The molecule has 0 fully saturated rings. The van der Waals surface area contributed by atoms with Crippen LogP contribution in [0.2, 0.25) is 0 Å². The van der Waals surface area contributed by atoms with Gasteiger partial charge in [-0.25, -0.2) is 0 Å². The van der Waals surface area contributed by atoms with Crippen LogP contribution in [0.25, 0.3) is 5.69 Å².